The smallest absolute Gasteiger partial charge is 0.222 e. The number of hydrogen-bond acceptors (Lipinski definition) is 5. The summed E-state index contributed by atoms with van der Waals surface area (Å²) in [7, 11) is 1.54. The molecule has 0 saturated carbocycles. The quantitative estimate of drug-likeness (QED) is 0.667. The van der Waals surface area contributed by atoms with Crippen LogP contribution in [-0.2, 0) is 19.0 Å². The van der Waals surface area contributed by atoms with Gasteiger partial charge in [-0.2, -0.15) is 0 Å². The minimum Gasteiger partial charge on any atom is -0.380 e. The lowest BCUT2D eigenvalue weighted by Crippen LogP contribution is -2.37. The second-order valence-electron chi connectivity index (χ2n) is 4.55. The number of hydrogen-bond donors (Lipinski definition) is 2. The molecule has 0 aromatic heterocycles. The number of ether oxygens (including phenoxy) is 3. The van der Waals surface area contributed by atoms with Crippen molar-refractivity contribution < 1.29 is 19.0 Å². The van der Waals surface area contributed by atoms with Crippen LogP contribution in [0.25, 0.3) is 0 Å². The normalized spacial score (nSPS) is 24.6. The number of carbonyl (C=O) groups is 1. The van der Waals surface area contributed by atoms with Crippen LogP contribution >= 0.6 is 0 Å². The van der Waals surface area contributed by atoms with Gasteiger partial charge in [-0.3, -0.25) is 4.79 Å². The minimum absolute atomic E-state index is 0.0874. The molecule has 1 rings (SSSR count). The summed E-state index contributed by atoms with van der Waals surface area (Å²) < 4.78 is 16.0. The van der Waals surface area contributed by atoms with Gasteiger partial charge in [-0.15, -0.1) is 0 Å². The van der Waals surface area contributed by atoms with Crippen molar-refractivity contribution in [2.24, 2.45) is 5.73 Å². The van der Waals surface area contributed by atoms with Crippen molar-refractivity contribution in [2.45, 2.75) is 38.3 Å². The van der Waals surface area contributed by atoms with Crippen LogP contribution in [0.1, 0.15) is 20.3 Å². The summed E-state index contributed by atoms with van der Waals surface area (Å²) in [4.78, 5) is 11.5. The molecule has 1 heterocycles. The number of carbonyl (C=O) groups excluding carboxylic acids is 1. The van der Waals surface area contributed by atoms with E-state index in [2.05, 4.69) is 5.32 Å². The maximum absolute atomic E-state index is 11.5. The van der Waals surface area contributed by atoms with Crippen LogP contribution in [-0.4, -0.2) is 50.7 Å². The molecule has 3 N–H and O–H groups in total. The van der Waals surface area contributed by atoms with Crippen molar-refractivity contribution in [1.82, 2.24) is 5.32 Å². The second-order valence-corrected chi connectivity index (χ2v) is 4.55. The molecule has 17 heavy (non-hydrogen) atoms. The van der Waals surface area contributed by atoms with E-state index in [9.17, 15) is 4.79 Å². The second kappa shape index (κ2) is 6.30. The Labute approximate surface area is 102 Å². The van der Waals surface area contributed by atoms with Gasteiger partial charge in [0.05, 0.1) is 19.1 Å². The summed E-state index contributed by atoms with van der Waals surface area (Å²) >= 11 is 0. The third-order valence-corrected chi connectivity index (χ3v) is 2.60. The number of nitrogens with two attached hydrogens (primary N) is 1. The zero-order chi connectivity index (χ0) is 12.9. The van der Waals surface area contributed by atoms with Gasteiger partial charge in [0, 0.05) is 20.2 Å². The predicted octanol–water partition coefficient (Wildman–Crippen LogP) is -0.382. The fourth-order valence-corrected chi connectivity index (χ4v) is 1.63. The van der Waals surface area contributed by atoms with Gasteiger partial charge < -0.3 is 25.3 Å². The molecule has 6 nitrogen and oxygen atoms in total. The number of methoxy groups -OCH3 is 1. The highest BCUT2D eigenvalue weighted by molar-refractivity contribution is 5.76. The van der Waals surface area contributed by atoms with E-state index in [0.29, 0.717) is 19.7 Å². The topological polar surface area (TPSA) is 82.8 Å². The van der Waals surface area contributed by atoms with E-state index in [4.69, 9.17) is 19.9 Å². The van der Waals surface area contributed by atoms with Crippen LogP contribution in [0.2, 0.25) is 0 Å². The Morgan fingerprint density at radius 2 is 2.35 bits per heavy atom. The molecule has 0 aromatic carbocycles. The summed E-state index contributed by atoms with van der Waals surface area (Å²) in [6.07, 6.45) is -0.0516. The van der Waals surface area contributed by atoms with E-state index < -0.39 is 5.79 Å². The van der Waals surface area contributed by atoms with Gasteiger partial charge in [0.1, 0.15) is 6.10 Å². The summed E-state index contributed by atoms with van der Waals surface area (Å²) in [5.74, 6) is -0.641. The first-order valence-electron chi connectivity index (χ1n) is 5.78. The minimum atomic E-state index is -0.554. The van der Waals surface area contributed by atoms with Gasteiger partial charge in [-0.1, -0.05) is 0 Å². The van der Waals surface area contributed by atoms with E-state index in [1.54, 1.807) is 7.11 Å². The highest BCUT2D eigenvalue weighted by atomic mass is 16.7. The zero-order valence-electron chi connectivity index (χ0n) is 10.7. The molecule has 2 unspecified atom stereocenters. The Morgan fingerprint density at radius 1 is 1.65 bits per heavy atom. The highest BCUT2D eigenvalue weighted by Crippen LogP contribution is 2.21. The average molecular weight is 246 g/mol. The van der Waals surface area contributed by atoms with Crippen LogP contribution in [0, 0.1) is 0 Å². The Hall–Kier alpha value is -0.690. The standard InChI is InChI=1S/C11H22N2O4/c1-11(2)16-7-9(17-11)6-13-10(14)4-8(5-12)15-3/h8-9H,4-7,12H2,1-3H3,(H,13,14). The molecule has 6 heteroatoms. The van der Waals surface area contributed by atoms with Crippen LogP contribution in [0.5, 0.6) is 0 Å². The Kier molecular flexibility index (Phi) is 5.32. The van der Waals surface area contributed by atoms with Crippen LogP contribution in [0.15, 0.2) is 0 Å². The van der Waals surface area contributed by atoms with Crippen molar-refractivity contribution in [3.05, 3.63) is 0 Å². The number of rotatable bonds is 6. The zero-order valence-corrected chi connectivity index (χ0v) is 10.7. The summed E-state index contributed by atoms with van der Waals surface area (Å²) in [6, 6.07) is 0. The molecular formula is C11H22N2O4. The molecule has 1 amide bonds. The Bertz CT molecular complexity index is 254. The molecule has 1 aliphatic rings. The van der Waals surface area contributed by atoms with E-state index >= 15 is 0 Å². The molecule has 0 aromatic rings. The van der Waals surface area contributed by atoms with Crippen molar-refractivity contribution in [3.8, 4) is 0 Å². The van der Waals surface area contributed by atoms with Gasteiger partial charge in [-0.25, -0.2) is 0 Å². The van der Waals surface area contributed by atoms with Gasteiger partial charge in [0.15, 0.2) is 5.79 Å². The fourth-order valence-electron chi connectivity index (χ4n) is 1.63. The maximum Gasteiger partial charge on any atom is 0.222 e. The number of nitrogens with one attached hydrogen (secondary N) is 1. The van der Waals surface area contributed by atoms with Gasteiger partial charge in [0.25, 0.3) is 0 Å². The molecule has 1 aliphatic heterocycles. The first-order valence-corrected chi connectivity index (χ1v) is 5.78. The molecule has 100 valence electrons. The first kappa shape index (κ1) is 14.4. The maximum atomic E-state index is 11.5. The molecule has 0 spiro atoms. The summed E-state index contributed by atoms with van der Waals surface area (Å²) in [5, 5.41) is 2.78. The number of amides is 1. The predicted molar refractivity (Wildman–Crippen MR) is 62.4 cm³/mol. The highest BCUT2D eigenvalue weighted by Gasteiger charge is 2.32. The Balaban J connectivity index is 2.20. The Morgan fingerprint density at radius 3 is 2.82 bits per heavy atom. The van der Waals surface area contributed by atoms with Gasteiger partial charge >= 0.3 is 0 Å². The third-order valence-electron chi connectivity index (χ3n) is 2.60. The molecule has 0 bridgehead atoms. The van der Waals surface area contributed by atoms with E-state index in [-0.39, 0.29) is 24.5 Å². The van der Waals surface area contributed by atoms with Gasteiger partial charge in [-0.05, 0) is 13.8 Å². The van der Waals surface area contributed by atoms with Gasteiger partial charge in [0.2, 0.25) is 5.91 Å². The SMILES string of the molecule is COC(CN)CC(=O)NCC1COC(C)(C)O1. The van der Waals surface area contributed by atoms with Crippen molar-refractivity contribution in [1.29, 1.82) is 0 Å². The molecule has 0 aliphatic carbocycles. The molecule has 1 fully saturated rings. The lowest BCUT2D eigenvalue weighted by Gasteiger charge is -2.17. The van der Waals surface area contributed by atoms with Crippen molar-refractivity contribution in [3.63, 3.8) is 0 Å². The van der Waals surface area contributed by atoms with E-state index in [0.717, 1.165) is 0 Å². The van der Waals surface area contributed by atoms with E-state index in [1.807, 2.05) is 13.8 Å². The molecule has 0 radical (unpaired) electrons. The summed E-state index contributed by atoms with van der Waals surface area (Å²) in [6.45, 7) is 4.98. The van der Waals surface area contributed by atoms with Crippen molar-refractivity contribution in [2.75, 3.05) is 26.8 Å². The lowest BCUT2D eigenvalue weighted by atomic mass is 10.2. The van der Waals surface area contributed by atoms with Crippen LogP contribution in [0.4, 0.5) is 0 Å². The van der Waals surface area contributed by atoms with Crippen LogP contribution < -0.4 is 11.1 Å². The first-order chi connectivity index (χ1) is 7.96. The monoisotopic (exact) mass is 246 g/mol. The third kappa shape index (κ3) is 4.99. The average Bonchev–Trinajstić information content (AvgIpc) is 2.63. The largest absolute Gasteiger partial charge is 0.380 e. The summed E-state index contributed by atoms with van der Waals surface area (Å²) in [5.41, 5.74) is 5.44. The molecule has 2 atom stereocenters. The van der Waals surface area contributed by atoms with E-state index in [1.165, 1.54) is 0 Å². The molecule has 1 saturated heterocycles. The molecular weight excluding hydrogens is 224 g/mol. The van der Waals surface area contributed by atoms with Crippen molar-refractivity contribution >= 4 is 5.91 Å². The fraction of sp³-hybridized carbons (Fsp3) is 0.909. The lowest BCUT2D eigenvalue weighted by molar-refractivity contribution is -0.139. The van der Waals surface area contributed by atoms with Crippen LogP contribution in [0.3, 0.4) is 0 Å².